The van der Waals surface area contributed by atoms with Crippen LogP contribution in [0.15, 0.2) is 11.8 Å². The third-order valence-electron chi connectivity index (χ3n) is 2.04. The van der Waals surface area contributed by atoms with Crippen LogP contribution in [0, 0.1) is 0 Å². The van der Waals surface area contributed by atoms with Gasteiger partial charge in [0.2, 0.25) is 0 Å². The molecule has 0 aliphatic rings. The van der Waals surface area contributed by atoms with Gasteiger partial charge in [-0.05, 0) is 13.8 Å². The lowest BCUT2D eigenvalue weighted by Crippen LogP contribution is -2.46. The normalized spacial score (nSPS) is 12.5. The minimum atomic E-state index is -1.57. The van der Waals surface area contributed by atoms with Crippen molar-refractivity contribution in [2.24, 2.45) is 0 Å². The number of allylic oxidation sites excluding steroid dienone is 1. The summed E-state index contributed by atoms with van der Waals surface area (Å²) in [4.78, 5) is 11.4. The third-order valence-corrected chi connectivity index (χ3v) is 4.42. The maximum atomic E-state index is 10.7. The molecule has 0 rings (SSSR count). The number of carboxylic acid groups (broad SMARTS) is 1. The molecule has 0 radical (unpaired) electrons. The fourth-order valence-electron chi connectivity index (χ4n) is 1.49. The Kier molecular flexibility index (Phi) is 5.17. The molecule has 0 bridgehead atoms. The molecule has 0 aromatic carbocycles. The number of rotatable bonds is 5. The molecule has 3 nitrogen and oxygen atoms in total. The highest BCUT2D eigenvalue weighted by Crippen LogP contribution is 2.17. The number of thiocarbonyl (C=S) groups is 1. The summed E-state index contributed by atoms with van der Waals surface area (Å²) in [6.45, 7) is 11.1. The lowest BCUT2D eigenvalue weighted by Gasteiger charge is -2.36. The van der Waals surface area contributed by atoms with Gasteiger partial charge in [0.15, 0.2) is 0 Å². The van der Waals surface area contributed by atoms with Crippen molar-refractivity contribution >= 4 is 31.3 Å². The Morgan fingerprint density at radius 1 is 1.47 bits per heavy atom. The van der Waals surface area contributed by atoms with Crippen LogP contribution in [-0.4, -0.2) is 35.3 Å². The zero-order valence-corrected chi connectivity index (χ0v) is 11.8. The monoisotopic (exact) mass is 245 g/mol. The maximum Gasteiger partial charge on any atom is 0.330 e. The van der Waals surface area contributed by atoms with E-state index >= 15 is 0 Å². The first-order valence-corrected chi connectivity index (χ1v) is 8.79. The average molecular weight is 245 g/mol. The van der Waals surface area contributed by atoms with Crippen LogP contribution in [0.5, 0.6) is 0 Å². The number of hydrogen-bond donors (Lipinski definition) is 1. The molecule has 0 aliphatic carbocycles. The Morgan fingerprint density at radius 3 is 2.13 bits per heavy atom. The second kappa shape index (κ2) is 5.41. The predicted octanol–water partition coefficient (Wildman–Crippen LogP) is 2.50. The molecular weight excluding hydrogens is 226 g/mol. The third kappa shape index (κ3) is 4.57. The van der Waals surface area contributed by atoms with Gasteiger partial charge in [0.05, 0.1) is 0 Å². The molecular formula is C10H19NO2SSi. The summed E-state index contributed by atoms with van der Waals surface area (Å²) in [5, 5.41) is 8.80. The molecule has 0 heterocycles. The number of hydrogen-bond acceptors (Lipinski definition) is 3. The highest BCUT2D eigenvalue weighted by atomic mass is 32.1. The van der Waals surface area contributed by atoms with Crippen molar-refractivity contribution in [3.05, 3.63) is 11.8 Å². The topological polar surface area (TPSA) is 40.5 Å². The zero-order valence-electron chi connectivity index (χ0n) is 10.00. The van der Waals surface area contributed by atoms with Crippen molar-refractivity contribution in [2.45, 2.75) is 33.5 Å². The van der Waals surface area contributed by atoms with Crippen LogP contribution >= 0.6 is 12.2 Å². The van der Waals surface area contributed by atoms with Crippen LogP contribution in [0.4, 0.5) is 0 Å². The van der Waals surface area contributed by atoms with E-state index in [2.05, 4.69) is 24.2 Å². The van der Waals surface area contributed by atoms with Crippen molar-refractivity contribution < 1.29 is 9.90 Å². The zero-order chi connectivity index (χ0) is 12.2. The summed E-state index contributed by atoms with van der Waals surface area (Å²) in [6.07, 6.45) is 1.21. The summed E-state index contributed by atoms with van der Waals surface area (Å²) >= 11 is 5.10. The van der Waals surface area contributed by atoms with Gasteiger partial charge in [0.25, 0.3) is 0 Å². The van der Waals surface area contributed by atoms with E-state index in [1.54, 1.807) is 6.92 Å². The van der Waals surface area contributed by atoms with Crippen molar-refractivity contribution in [2.75, 3.05) is 6.54 Å². The van der Waals surface area contributed by atoms with Crippen molar-refractivity contribution in [1.29, 1.82) is 0 Å². The van der Waals surface area contributed by atoms with E-state index in [0.717, 1.165) is 6.54 Å². The SMILES string of the molecule is CCN(C(=CC(=O)O)C(C)=S)[Si](C)(C)C. The maximum absolute atomic E-state index is 10.7. The largest absolute Gasteiger partial charge is 0.478 e. The molecule has 0 atom stereocenters. The molecule has 15 heavy (non-hydrogen) atoms. The molecule has 0 aliphatic heterocycles. The Hall–Kier alpha value is -0.683. The minimum absolute atomic E-state index is 0.640. The molecule has 5 heteroatoms. The molecule has 0 aromatic heterocycles. The smallest absolute Gasteiger partial charge is 0.330 e. The Bertz CT molecular complexity index is 294. The van der Waals surface area contributed by atoms with Crippen molar-refractivity contribution in [1.82, 2.24) is 4.57 Å². The molecule has 0 spiro atoms. The van der Waals surface area contributed by atoms with Crippen LogP contribution in [0.25, 0.3) is 0 Å². The van der Waals surface area contributed by atoms with Gasteiger partial charge in [-0.1, -0.05) is 31.9 Å². The average Bonchev–Trinajstić information content (AvgIpc) is 2.00. The molecule has 1 N–H and O–H groups in total. The number of carbonyl (C=O) groups is 1. The van der Waals surface area contributed by atoms with Crippen LogP contribution < -0.4 is 0 Å². The van der Waals surface area contributed by atoms with E-state index in [-0.39, 0.29) is 0 Å². The Morgan fingerprint density at radius 2 is 1.93 bits per heavy atom. The lowest BCUT2D eigenvalue weighted by atomic mass is 10.3. The van der Waals surface area contributed by atoms with Gasteiger partial charge in [-0.25, -0.2) is 4.79 Å². The summed E-state index contributed by atoms with van der Waals surface area (Å²) in [7, 11) is -1.57. The first-order valence-electron chi connectivity index (χ1n) is 4.93. The molecule has 0 saturated carbocycles. The van der Waals surface area contributed by atoms with Gasteiger partial charge < -0.3 is 9.67 Å². The highest BCUT2D eigenvalue weighted by molar-refractivity contribution is 7.80. The fourth-order valence-corrected chi connectivity index (χ4v) is 3.65. The number of carboxylic acids is 1. The highest BCUT2D eigenvalue weighted by Gasteiger charge is 2.25. The quantitative estimate of drug-likeness (QED) is 0.459. The van der Waals surface area contributed by atoms with E-state index in [9.17, 15) is 4.79 Å². The number of nitrogens with zero attached hydrogens (tertiary/aromatic N) is 1. The first-order chi connectivity index (χ1) is 6.70. The number of aliphatic carboxylic acids is 1. The van der Waals surface area contributed by atoms with Crippen LogP contribution in [0.1, 0.15) is 13.8 Å². The first kappa shape index (κ1) is 14.3. The summed E-state index contributed by atoms with van der Waals surface area (Å²) in [6, 6.07) is 0. The molecule has 0 saturated heterocycles. The second-order valence-electron chi connectivity index (χ2n) is 4.34. The Labute approximate surface area is 97.9 Å². The van der Waals surface area contributed by atoms with E-state index in [4.69, 9.17) is 17.3 Å². The van der Waals surface area contributed by atoms with E-state index in [1.165, 1.54) is 6.08 Å². The van der Waals surface area contributed by atoms with Gasteiger partial charge in [0, 0.05) is 23.2 Å². The molecule has 0 fully saturated rings. The van der Waals surface area contributed by atoms with Crippen molar-refractivity contribution in [3.8, 4) is 0 Å². The standard InChI is InChI=1S/C10H19NO2SSi/c1-6-11(15(3,4)5)9(8(2)14)7-10(12)13/h7H,6H2,1-5H3,(H,12,13). The minimum Gasteiger partial charge on any atom is -0.478 e. The van der Waals surface area contributed by atoms with Gasteiger partial charge in [0.1, 0.15) is 8.24 Å². The molecule has 86 valence electrons. The summed E-state index contributed by atoms with van der Waals surface area (Å²) in [5.41, 5.74) is 0.680. The second-order valence-corrected chi connectivity index (χ2v) is 9.83. The molecule has 0 amide bonds. The molecule has 0 aromatic rings. The Balaban J connectivity index is 5.23. The van der Waals surface area contributed by atoms with Crippen LogP contribution in [-0.2, 0) is 4.79 Å². The lowest BCUT2D eigenvalue weighted by molar-refractivity contribution is -0.131. The van der Waals surface area contributed by atoms with E-state index in [1.807, 2.05) is 6.92 Å². The van der Waals surface area contributed by atoms with Crippen LogP contribution in [0.3, 0.4) is 0 Å². The van der Waals surface area contributed by atoms with Crippen molar-refractivity contribution in [3.63, 3.8) is 0 Å². The predicted molar refractivity (Wildman–Crippen MR) is 69.7 cm³/mol. The van der Waals surface area contributed by atoms with E-state index in [0.29, 0.717) is 10.6 Å². The summed E-state index contributed by atoms with van der Waals surface area (Å²) < 4.78 is 2.13. The molecule has 0 unspecified atom stereocenters. The summed E-state index contributed by atoms with van der Waals surface area (Å²) in [5.74, 6) is -0.939. The fraction of sp³-hybridized carbons (Fsp3) is 0.600. The van der Waals surface area contributed by atoms with Gasteiger partial charge in [-0.15, -0.1) is 0 Å². The van der Waals surface area contributed by atoms with Gasteiger partial charge in [-0.2, -0.15) is 0 Å². The van der Waals surface area contributed by atoms with E-state index < -0.39 is 14.2 Å². The van der Waals surface area contributed by atoms with Crippen LogP contribution in [0.2, 0.25) is 19.6 Å². The van der Waals surface area contributed by atoms with Gasteiger partial charge >= 0.3 is 5.97 Å². The van der Waals surface area contributed by atoms with Gasteiger partial charge in [-0.3, -0.25) is 0 Å².